The van der Waals surface area contributed by atoms with Crippen LogP contribution in [0.4, 0.5) is 0 Å². The first kappa shape index (κ1) is 11.4. The van der Waals surface area contributed by atoms with Crippen molar-refractivity contribution in [3.63, 3.8) is 0 Å². The zero-order valence-corrected chi connectivity index (χ0v) is 10.5. The van der Waals surface area contributed by atoms with Crippen molar-refractivity contribution in [1.29, 1.82) is 0 Å². The molecule has 0 N–H and O–H groups in total. The summed E-state index contributed by atoms with van der Waals surface area (Å²) in [5.41, 5.74) is -0.271. The van der Waals surface area contributed by atoms with Crippen LogP contribution in [0, 0.1) is 0 Å². The molecule has 2 aliphatic heterocycles. The van der Waals surface area contributed by atoms with Gasteiger partial charge in [0, 0.05) is 26.7 Å². The smallest absolute Gasteiger partial charge is 0.236 e. The molecule has 2 rings (SSSR count). The molecule has 15 heavy (non-hydrogen) atoms. The van der Waals surface area contributed by atoms with E-state index in [-0.39, 0.29) is 16.3 Å². The first-order valence-electron chi connectivity index (χ1n) is 5.23. The Balaban J connectivity index is 1.98. The maximum atomic E-state index is 11.7. The summed E-state index contributed by atoms with van der Waals surface area (Å²) in [5.74, 6) is 0.179. The Kier molecular flexibility index (Phi) is 3.33. The Morgan fingerprint density at radius 3 is 3.00 bits per heavy atom. The predicted molar refractivity (Wildman–Crippen MR) is 59.1 cm³/mol. The Morgan fingerprint density at radius 2 is 2.53 bits per heavy atom. The second-order valence-electron chi connectivity index (χ2n) is 4.21. The maximum absolute atomic E-state index is 11.7. The zero-order chi connectivity index (χ0) is 10.9. The fraction of sp³-hybridized carbons (Fsp3) is 0.900. The highest BCUT2D eigenvalue weighted by Crippen LogP contribution is 2.27. The Morgan fingerprint density at radius 1 is 1.73 bits per heavy atom. The fourth-order valence-corrected chi connectivity index (χ4v) is 2.64. The second kappa shape index (κ2) is 4.39. The molecule has 2 aliphatic rings. The number of ether oxygens (including phenoxy) is 2. The lowest BCUT2D eigenvalue weighted by Crippen LogP contribution is -2.46. The minimum Gasteiger partial charge on any atom is -0.378 e. The summed E-state index contributed by atoms with van der Waals surface area (Å²) in [6, 6.07) is 0. The summed E-state index contributed by atoms with van der Waals surface area (Å²) in [6.07, 6.45) is 1.76. The molecule has 5 heteroatoms. The molecule has 0 spiro atoms. The van der Waals surface area contributed by atoms with Gasteiger partial charge in [-0.2, -0.15) is 0 Å². The number of nitrogens with zero attached hydrogens (tertiary/aromatic N) is 1. The lowest BCUT2D eigenvalue weighted by molar-refractivity contribution is -0.131. The minimum atomic E-state index is -0.271. The van der Waals surface area contributed by atoms with Gasteiger partial charge in [-0.25, -0.2) is 0 Å². The number of likely N-dealkylation sites (tertiary alicyclic amines) is 1. The van der Waals surface area contributed by atoms with Gasteiger partial charge in [-0.1, -0.05) is 15.9 Å². The summed E-state index contributed by atoms with van der Waals surface area (Å²) in [4.78, 5) is 13.6. The van der Waals surface area contributed by atoms with Gasteiger partial charge in [-0.15, -0.1) is 0 Å². The van der Waals surface area contributed by atoms with Crippen molar-refractivity contribution in [3.05, 3.63) is 0 Å². The van der Waals surface area contributed by atoms with E-state index < -0.39 is 0 Å². The van der Waals surface area contributed by atoms with Gasteiger partial charge in [0.1, 0.15) is 5.60 Å². The lowest BCUT2D eigenvalue weighted by Gasteiger charge is -2.30. The van der Waals surface area contributed by atoms with E-state index in [4.69, 9.17) is 9.47 Å². The van der Waals surface area contributed by atoms with Crippen molar-refractivity contribution >= 4 is 21.8 Å². The molecule has 0 aliphatic carbocycles. The molecular weight excluding hydrogens is 262 g/mol. The van der Waals surface area contributed by atoms with Crippen LogP contribution in [0.5, 0.6) is 0 Å². The molecule has 0 aromatic heterocycles. The van der Waals surface area contributed by atoms with E-state index in [1.165, 1.54) is 0 Å². The number of carbonyl (C=O) groups is 1. The molecule has 0 aromatic rings. The quantitative estimate of drug-likeness (QED) is 0.716. The first-order valence-corrected chi connectivity index (χ1v) is 6.14. The van der Waals surface area contributed by atoms with E-state index in [9.17, 15) is 4.79 Å². The van der Waals surface area contributed by atoms with Gasteiger partial charge in [0.2, 0.25) is 5.91 Å². The molecule has 2 unspecified atom stereocenters. The number of hydrogen-bond donors (Lipinski definition) is 0. The van der Waals surface area contributed by atoms with Gasteiger partial charge in [-0.3, -0.25) is 4.79 Å². The van der Waals surface area contributed by atoms with Crippen LogP contribution < -0.4 is 0 Å². The number of amides is 1. The summed E-state index contributed by atoms with van der Waals surface area (Å²) < 4.78 is 10.9. The zero-order valence-electron chi connectivity index (χ0n) is 8.87. The topological polar surface area (TPSA) is 38.8 Å². The minimum absolute atomic E-state index is 0.00581. The van der Waals surface area contributed by atoms with Crippen molar-refractivity contribution in [2.24, 2.45) is 0 Å². The Labute approximate surface area is 98.0 Å². The van der Waals surface area contributed by atoms with Crippen LogP contribution in [0.25, 0.3) is 0 Å². The van der Waals surface area contributed by atoms with Gasteiger partial charge in [0.05, 0.1) is 18.0 Å². The Hall–Kier alpha value is -0.130. The molecule has 86 valence electrons. The maximum Gasteiger partial charge on any atom is 0.236 e. The van der Waals surface area contributed by atoms with E-state index in [0.717, 1.165) is 26.0 Å². The molecular formula is C10H16BrNO3. The monoisotopic (exact) mass is 277 g/mol. The van der Waals surface area contributed by atoms with E-state index in [0.29, 0.717) is 13.2 Å². The third kappa shape index (κ3) is 2.19. The van der Waals surface area contributed by atoms with Crippen LogP contribution >= 0.6 is 15.9 Å². The van der Waals surface area contributed by atoms with Gasteiger partial charge in [-0.05, 0) is 6.42 Å². The largest absolute Gasteiger partial charge is 0.378 e. The molecule has 1 amide bonds. The van der Waals surface area contributed by atoms with Gasteiger partial charge < -0.3 is 14.4 Å². The van der Waals surface area contributed by atoms with Crippen molar-refractivity contribution in [2.45, 2.75) is 23.3 Å². The van der Waals surface area contributed by atoms with Crippen LogP contribution in [0.2, 0.25) is 0 Å². The van der Waals surface area contributed by atoms with E-state index >= 15 is 0 Å². The summed E-state index contributed by atoms with van der Waals surface area (Å²) in [7, 11) is 1.70. The number of methoxy groups -OCH3 is 1. The Bertz CT molecular complexity index is 253. The van der Waals surface area contributed by atoms with Crippen LogP contribution in [-0.2, 0) is 14.3 Å². The van der Waals surface area contributed by atoms with E-state index in [1.54, 1.807) is 7.11 Å². The van der Waals surface area contributed by atoms with Crippen LogP contribution in [0.15, 0.2) is 0 Å². The van der Waals surface area contributed by atoms with Crippen LogP contribution in [-0.4, -0.2) is 54.6 Å². The summed E-state index contributed by atoms with van der Waals surface area (Å²) >= 11 is 3.37. The highest BCUT2D eigenvalue weighted by molar-refractivity contribution is 9.10. The molecule has 0 radical (unpaired) electrons. The molecule has 0 bridgehead atoms. The third-order valence-electron chi connectivity index (χ3n) is 3.21. The molecule has 2 fully saturated rings. The van der Waals surface area contributed by atoms with Crippen molar-refractivity contribution in [2.75, 3.05) is 33.4 Å². The predicted octanol–water partition coefficient (Wildman–Crippen LogP) is 0.788. The third-order valence-corrected chi connectivity index (χ3v) is 4.06. The molecule has 0 saturated carbocycles. The first-order chi connectivity index (χ1) is 7.17. The molecule has 0 aromatic carbocycles. The SMILES string of the molecule is COC1(CN2CCC(Br)C2=O)CCOC1. The average molecular weight is 278 g/mol. The van der Waals surface area contributed by atoms with Gasteiger partial charge >= 0.3 is 0 Å². The number of carbonyl (C=O) groups excluding carboxylic acids is 1. The van der Waals surface area contributed by atoms with Gasteiger partial charge in [0.25, 0.3) is 0 Å². The van der Waals surface area contributed by atoms with Crippen molar-refractivity contribution < 1.29 is 14.3 Å². The van der Waals surface area contributed by atoms with E-state index in [1.807, 2.05) is 4.90 Å². The highest BCUT2D eigenvalue weighted by atomic mass is 79.9. The average Bonchev–Trinajstić information content (AvgIpc) is 2.82. The molecule has 2 atom stereocenters. The standard InChI is InChI=1S/C10H16BrNO3/c1-14-10(3-5-15-7-10)6-12-4-2-8(11)9(12)13/h8H,2-7H2,1H3. The second-order valence-corrected chi connectivity index (χ2v) is 5.31. The summed E-state index contributed by atoms with van der Waals surface area (Å²) in [5, 5.41) is 0. The number of halogens is 1. The van der Waals surface area contributed by atoms with Crippen molar-refractivity contribution in [1.82, 2.24) is 4.90 Å². The number of hydrogen-bond acceptors (Lipinski definition) is 3. The lowest BCUT2D eigenvalue weighted by atomic mass is 10.0. The number of rotatable bonds is 3. The molecule has 2 heterocycles. The summed E-state index contributed by atoms with van der Waals surface area (Å²) in [6.45, 7) is 2.80. The van der Waals surface area contributed by atoms with E-state index in [2.05, 4.69) is 15.9 Å². The molecule has 2 saturated heterocycles. The highest BCUT2D eigenvalue weighted by Gasteiger charge is 2.40. The van der Waals surface area contributed by atoms with Crippen LogP contribution in [0.1, 0.15) is 12.8 Å². The number of alkyl halides is 1. The van der Waals surface area contributed by atoms with Crippen molar-refractivity contribution in [3.8, 4) is 0 Å². The molecule has 4 nitrogen and oxygen atoms in total. The van der Waals surface area contributed by atoms with Gasteiger partial charge in [0.15, 0.2) is 0 Å². The van der Waals surface area contributed by atoms with Crippen LogP contribution in [0.3, 0.4) is 0 Å². The fourth-order valence-electron chi connectivity index (χ4n) is 2.14. The normalized spacial score (nSPS) is 36.5.